The van der Waals surface area contributed by atoms with E-state index >= 15 is 0 Å². The fourth-order valence-corrected chi connectivity index (χ4v) is 1.69. The van der Waals surface area contributed by atoms with E-state index in [0.29, 0.717) is 22.8 Å². The van der Waals surface area contributed by atoms with Gasteiger partial charge in [-0.15, -0.1) is 0 Å². The summed E-state index contributed by atoms with van der Waals surface area (Å²) in [7, 11) is 0. The van der Waals surface area contributed by atoms with Gasteiger partial charge in [-0.3, -0.25) is 0 Å². The average Bonchev–Trinajstić information content (AvgIpc) is 2.81. The summed E-state index contributed by atoms with van der Waals surface area (Å²) in [5, 5.41) is 7.51. The summed E-state index contributed by atoms with van der Waals surface area (Å²) in [6.07, 6.45) is 0. The maximum Gasteiger partial charge on any atom is 0.344 e. The Kier molecular flexibility index (Phi) is 3.18. The second kappa shape index (κ2) is 4.64. The molecule has 2 aromatic heterocycles. The summed E-state index contributed by atoms with van der Waals surface area (Å²) in [4.78, 5) is 11.9. The van der Waals surface area contributed by atoms with Gasteiger partial charge in [-0.1, -0.05) is 10.3 Å². The quantitative estimate of drug-likeness (QED) is 0.777. The first-order valence-electron chi connectivity index (χ1n) is 5.52. The molecule has 0 amide bonds. The minimum absolute atomic E-state index is 0.129. The van der Waals surface area contributed by atoms with Crippen LogP contribution in [0.5, 0.6) is 0 Å². The van der Waals surface area contributed by atoms with Crippen molar-refractivity contribution >= 4 is 5.97 Å². The molecule has 0 saturated carbocycles. The number of carbonyl (C=O) groups excluding carboxylic acids is 1. The van der Waals surface area contributed by atoms with Gasteiger partial charge in [0.25, 0.3) is 0 Å². The van der Waals surface area contributed by atoms with Crippen LogP contribution in [-0.4, -0.2) is 16.3 Å². The molecule has 0 spiro atoms. The number of carbonyl (C=O) groups is 1. The van der Waals surface area contributed by atoms with Gasteiger partial charge in [-0.05, 0) is 27.7 Å². The zero-order valence-corrected chi connectivity index (χ0v) is 10.7. The maximum atomic E-state index is 11.9. The van der Waals surface area contributed by atoms with E-state index in [0.717, 1.165) is 11.3 Å². The van der Waals surface area contributed by atoms with Crippen molar-refractivity contribution in [3.05, 3.63) is 34.0 Å². The van der Waals surface area contributed by atoms with Gasteiger partial charge < -0.3 is 13.8 Å². The lowest BCUT2D eigenvalue weighted by molar-refractivity contribution is 0.0468. The highest BCUT2D eigenvalue weighted by atomic mass is 16.5. The van der Waals surface area contributed by atoms with Crippen molar-refractivity contribution in [3.63, 3.8) is 0 Å². The van der Waals surface area contributed by atoms with E-state index in [1.165, 1.54) is 0 Å². The molecule has 0 saturated heterocycles. The summed E-state index contributed by atoms with van der Waals surface area (Å²) in [6, 6.07) is 0. The van der Waals surface area contributed by atoms with Crippen molar-refractivity contribution in [1.82, 2.24) is 10.3 Å². The molecule has 0 radical (unpaired) electrons. The molecular weight excluding hydrogens is 236 g/mol. The highest BCUT2D eigenvalue weighted by Crippen LogP contribution is 2.17. The monoisotopic (exact) mass is 250 g/mol. The fraction of sp³-hybridized carbons (Fsp3) is 0.417. The van der Waals surface area contributed by atoms with Gasteiger partial charge >= 0.3 is 5.97 Å². The van der Waals surface area contributed by atoms with Crippen molar-refractivity contribution < 1.29 is 18.6 Å². The Morgan fingerprint density at radius 2 is 1.67 bits per heavy atom. The molecule has 2 aromatic rings. The molecule has 0 aliphatic carbocycles. The molecule has 0 fully saturated rings. The van der Waals surface area contributed by atoms with Crippen LogP contribution in [0.2, 0.25) is 0 Å². The zero-order valence-electron chi connectivity index (χ0n) is 10.7. The van der Waals surface area contributed by atoms with Crippen LogP contribution in [-0.2, 0) is 11.3 Å². The highest BCUT2D eigenvalue weighted by molar-refractivity contribution is 5.91. The molecule has 0 unspecified atom stereocenters. The van der Waals surface area contributed by atoms with E-state index in [2.05, 4.69) is 10.3 Å². The lowest BCUT2D eigenvalue weighted by atomic mass is 10.2. The lowest BCUT2D eigenvalue weighted by Gasteiger charge is -2.03. The normalized spacial score (nSPS) is 10.7. The smallest absolute Gasteiger partial charge is 0.344 e. The Balaban J connectivity index is 2.10. The second-order valence-electron chi connectivity index (χ2n) is 4.08. The van der Waals surface area contributed by atoms with E-state index < -0.39 is 5.97 Å². The van der Waals surface area contributed by atoms with Crippen molar-refractivity contribution in [3.8, 4) is 0 Å². The first-order chi connectivity index (χ1) is 8.50. The Labute approximate surface area is 104 Å². The molecule has 6 nitrogen and oxygen atoms in total. The van der Waals surface area contributed by atoms with Gasteiger partial charge in [0.05, 0.1) is 17.0 Å². The molecule has 6 heteroatoms. The molecule has 0 bridgehead atoms. The molecule has 2 rings (SSSR count). The average molecular weight is 250 g/mol. The van der Waals surface area contributed by atoms with Crippen LogP contribution in [0.4, 0.5) is 0 Å². The van der Waals surface area contributed by atoms with Gasteiger partial charge in [-0.25, -0.2) is 4.79 Å². The van der Waals surface area contributed by atoms with E-state index in [1.54, 1.807) is 27.7 Å². The number of rotatable bonds is 3. The molecule has 2 heterocycles. The number of ether oxygens (including phenoxy) is 1. The number of hydrogen-bond donors (Lipinski definition) is 0. The molecule has 0 aromatic carbocycles. The predicted octanol–water partition coefficient (Wildman–Crippen LogP) is 2.25. The molecule has 96 valence electrons. The van der Waals surface area contributed by atoms with Gasteiger partial charge in [0.1, 0.15) is 23.7 Å². The first kappa shape index (κ1) is 12.3. The standard InChI is InChI=1S/C12H14N2O4/c1-6-10(8(3)17-13-6)5-16-12(15)11-7(2)14-18-9(11)4/h5H2,1-4H3. The summed E-state index contributed by atoms with van der Waals surface area (Å²) in [5.74, 6) is 0.654. The van der Waals surface area contributed by atoms with Crippen LogP contribution >= 0.6 is 0 Å². The van der Waals surface area contributed by atoms with Crippen molar-refractivity contribution in [2.45, 2.75) is 34.3 Å². The second-order valence-corrected chi connectivity index (χ2v) is 4.08. The third kappa shape index (κ3) is 2.13. The van der Waals surface area contributed by atoms with Crippen molar-refractivity contribution in [2.24, 2.45) is 0 Å². The number of aromatic nitrogens is 2. The van der Waals surface area contributed by atoms with Gasteiger partial charge in [0.2, 0.25) is 0 Å². The SMILES string of the molecule is Cc1noc(C)c1COC(=O)c1c(C)noc1C. The minimum atomic E-state index is -0.453. The molecule has 0 N–H and O–H groups in total. The number of hydrogen-bond acceptors (Lipinski definition) is 6. The largest absolute Gasteiger partial charge is 0.457 e. The van der Waals surface area contributed by atoms with Crippen LogP contribution in [0.25, 0.3) is 0 Å². The fourth-order valence-electron chi connectivity index (χ4n) is 1.69. The van der Waals surface area contributed by atoms with E-state index in [9.17, 15) is 4.79 Å². The maximum absolute atomic E-state index is 11.9. The summed E-state index contributed by atoms with van der Waals surface area (Å²) in [5.41, 5.74) is 2.41. The van der Waals surface area contributed by atoms with E-state index in [4.69, 9.17) is 13.8 Å². The number of nitrogens with zero attached hydrogens (tertiary/aromatic N) is 2. The van der Waals surface area contributed by atoms with E-state index in [-0.39, 0.29) is 6.61 Å². The third-order valence-corrected chi connectivity index (χ3v) is 2.77. The number of esters is 1. The molecule has 0 aliphatic heterocycles. The Hall–Kier alpha value is -2.11. The number of aryl methyl sites for hydroxylation is 4. The third-order valence-electron chi connectivity index (χ3n) is 2.77. The van der Waals surface area contributed by atoms with Gasteiger partial charge in [-0.2, -0.15) is 0 Å². The van der Waals surface area contributed by atoms with Gasteiger partial charge in [0.15, 0.2) is 0 Å². The van der Waals surface area contributed by atoms with E-state index in [1.807, 2.05) is 0 Å². The summed E-state index contributed by atoms with van der Waals surface area (Å²) in [6.45, 7) is 7.08. The molecular formula is C12H14N2O4. The molecule has 0 aliphatic rings. The minimum Gasteiger partial charge on any atom is -0.457 e. The highest BCUT2D eigenvalue weighted by Gasteiger charge is 2.20. The molecule has 0 atom stereocenters. The zero-order chi connectivity index (χ0) is 13.3. The van der Waals surface area contributed by atoms with Crippen molar-refractivity contribution in [2.75, 3.05) is 0 Å². The van der Waals surface area contributed by atoms with Gasteiger partial charge in [0, 0.05) is 0 Å². The Bertz CT molecular complexity index is 544. The van der Waals surface area contributed by atoms with Crippen LogP contribution in [0.3, 0.4) is 0 Å². The lowest BCUT2D eigenvalue weighted by Crippen LogP contribution is -2.08. The Morgan fingerprint density at radius 1 is 1.06 bits per heavy atom. The topological polar surface area (TPSA) is 78.4 Å². The first-order valence-corrected chi connectivity index (χ1v) is 5.52. The van der Waals surface area contributed by atoms with Crippen LogP contribution in [0, 0.1) is 27.7 Å². The summed E-state index contributed by atoms with van der Waals surface area (Å²) >= 11 is 0. The predicted molar refractivity (Wildman–Crippen MR) is 61.1 cm³/mol. The van der Waals surface area contributed by atoms with Crippen LogP contribution in [0.15, 0.2) is 9.05 Å². The van der Waals surface area contributed by atoms with Crippen molar-refractivity contribution in [1.29, 1.82) is 0 Å². The van der Waals surface area contributed by atoms with Crippen LogP contribution < -0.4 is 0 Å². The summed E-state index contributed by atoms with van der Waals surface area (Å²) < 4.78 is 15.1. The van der Waals surface area contributed by atoms with Crippen LogP contribution in [0.1, 0.15) is 38.8 Å². The molecule has 18 heavy (non-hydrogen) atoms. The Morgan fingerprint density at radius 3 is 2.17 bits per heavy atom.